The molecule has 1 aromatic carbocycles. The minimum absolute atomic E-state index is 0.346. The average molecular weight is 428 g/mol. The van der Waals surface area contributed by atoms with Crippen molar-refractivity contribution in [1.29, 1.82) is 0 Å². The van der Waals surface area contributed by atoms with Crippen molar-refractivity contribution in [2.45, 2.75) is 56.4 Å². The summed E-state index contributed by atoms with van der Waals surface area (Å²) in [7, 11) is 0.628. The van der Waals surface area contributed by atoms with Gasteiger partial charge in [-0.2, -0.15) is 0 Å². The molecule has 1 aromatic heterocycles. The fraction of sp³-hybridized carbons (Fsp3) is 0.455. The van der Waals surface area contributed by atoms with E-state index in [0.29, 0.717) is 10.8 Å². The summed E-state index contributed by atoms with van der Waals surface area (Å²) in [5.41, 5.74) is 6.24. The predicted octanol–water partition coefficient (Wildman–Crippen LogP) is 3.61. The molecule has 0 saturated heterocycles. The van der Waals surface area contributed by atoms with E-state index in [2.05, 4.69) is 16.6 Å². The highest BCUT2D eigenvalue weighted by Crippen LogP contribution is 2.41. The van der Waals surface area contributed by atoms with Gasteiger partial charge in [-0.1, -0.05) is 19.1 Å². The van der Waals surface area contributed by atoms with Gasteiger partial charge in [-0.15, -0.1) is 4.36 Å². The van der Waals surface area contributed by atoms with Gasteiger partial charge in [0.05, 0.1) is 10.6 Å². The second-order valence-corrected chi connectivity index (χ2v) is 10.3. The van der Waals surface area contributed by atoms with Crippen LogP contribution in [-0.2, 0) is 35.7 Å². The van der Waals surface area contributed by atoms with E-state index in [4.69, 9.17) is 10.1 Å². The van der Waals surface area contributed by atoms with E-state index in [-0.39, 0.29) is 0 Å². The largest absolute Gasteiger partial charge is 0.354 e. The average Bonchev–Trinajstić information content (AvgIpc) is 3.28. The molecule has 0 saturated carbocycles. The molecular formula is C22H29N5O2S. The van der Waals surface area contributed by atoms with Crippen LogP contribution in [0.2, 0.25) is 0 Å². The minimum Gasteiger partial charge on any atom is -0.305 e. The van der Waals surface area contributed by atoms with Crippen molar-refractivity contribution in [1.82, 2.24) is 9.88 Å². The summed E-state index contributed by atoms with van der Waals surface area (Å²) in [5, 5.41) is 8.88. The standard InChI is InChI=1S/C22H29N5O2S/c1-14-7-12-18-20(14)24-19-6-4-5-17(19)21(18)25-22(28)26-30(23,29)16-10-8-15(9-11-16)13-27(2)3/h8-11,14H,4-7,12-13H2,1-3H3,(H3,23,24,25,26,28,29)/t14-,30-/m1/s1. The molecule has 2 aliphatic carbocycles. The number of aromatic nitrogens is 1. The molecule has 0 radical (unpaired) electrons. The lowest BCUT2D eigenvalue weighted by Gasteiger charge is -2.15. The number of pyridine rings is 1. The van der Waals surface area contributed by atoms with Crippen LogP contribution < -0.4 is 10.5 Å². The van der Waals surface area contributed by atoms with E-state index >= 15 is 0 Å². The number of hydrogen-bond donors (Lipinski definition) is 2. The van der Waals surface area contributed by atoms with Crippen LogP contribution in [-0.4, -0.2) is 34.2 Å². The quantitative estimate of drug-likeness (QED) is 0.778. The first-order chi connectivity index (χ1) is 14.2. The molecule has 1 heterocycles. The van der Waals surface area contributed by atoms with Crippen molar-refractivity contribution in [2.24, 2.45) is 9.50 Å². The number of fused-ring (bicyclic) bond motifs is 2. The van der Waals surface area contributed by atoms with Crippen LogP contribution in [0, 0.1) is 0 Å². The monoisotopic (exact) mass is 427 g/mol. The topological polar surface area (TPSA) is 101 Å². The van der Waals surface area contributed by atoms with Crippen LogP contribution in [0.3, 0.4) is 0 Å². The van der Waals surface area contributed by atoms with Crippen LogP contribution >= 0.6 is 0 Å². The molecule has 0 fully saturated rings. The minimum atomic E-state index is -3.33. The van der Waals surface area contributed by atoms with Gasteiger partial charge < -0.3 is 10.2 Å². The van der Waals surface area contributed by atoms with E-state index in [9.17, 15) is 9.00 Å². The van der Waals surface area contributed by atoms with E-state index in [0.717, 1.165) is 72.4 Å². The van der Waals surface area contributed by atoms with Gasteiger partial charge in [0.25, 0.3) is 0 Å². The second kappa shape index (κ2) is 8.09. The van der Waals surface area contributed by atoms with Crippen molar-refractivity contribution in [3.05, 3.63) is 52.3 Å². The highest BCUT2D eigenvalue weighted by Gasteiger charge is 2.30. The summed E-state index contributed by atoms with van der Waals surface area (Å²) in [6, 6.07) is 6.42. The third-order valence-electron chi connectivity index (χ3n) is 5.86. The van der Waals surface area contributed by atoms with E-state index < -0.39 is 15.9 Å². The predicted molar refractivity (Wildman–Crippen MR) is 119 cm³/mol. The number of nitrogens with zero attached hydrogens (tertiary/aromatic N) is 3. The maximum atomic E-state index is 13.0. The first-order valence-corrected chi connectivity index (χ1v) is 12.0. The molecule has 7 nitrogen and oxygen atoms in total. The van der Waals surface area contributed by atoms with Crippen LogP contribution in [0.5, 0.6) is 0 Å². The molecular weight excluding hydrogens is 398 g/mol. The second-order valence-electron chi connectivity index (χ2n) is 8.54. The van der Waals surface area contributed by atoms with Gasteiger partial charge in [-0.25, -0.2) is 14.1 Å². The van der Waals surface area contributed by atoms with Crippen LogP contribution in [0.1, 0.15) is 53.8 Å². The first kappa shape index (κ1) is 21.0. The van der Waals surface area contributed by atoms with Gasteiger partial charge in [0.1, 0.15) is 9.92 Å². The van der Waals surface area contributed by atoms with E-state index in [1.54, 1.807) is 12.1 Å². The van der Waals surface area contributed by atoms with Gasteiger partial charge in [0.2, 0.25) is 0 Å². The first-order valence-electron chi connectivity index (χ1n) is 10.4. The van der Waals surface area contributed by atoms with Crippen molar-refractivity contribution >= 4 is 21.6 Å². The highest BCUT2D eigenvalue weighted by molar-refractivity contribution is 7.91. The van der Waals surface area contributed by atoms with Crippen LogP contribution in [0.15, 0.2) is 33.5 Å². The number of benzene rings is 1. The Morgan fingerprint density at radius 3 is 2.67 bits per heavy atom. The molecule has 2 aliphatic rings. The number of aryl methyl sites for hydroxylation is 1. The van der Waals surface area contributed by atoms with Gasteiger partial charge in [0, 0.05) is 17.9 Å². The Balaban J connectivity index is 1.61. The number of anilines is 1. The van der Waals surface area contributed by atoms with Crippen molar-refractivity contribution in [3.8, 4) is 0 Å². The van der Waals surface area contributed by atoms with Crippen LogP contribution in [0.4, 0.5) is 10.5 Å². The Labute approximate surface area is 178 Å². The zero-order valence-electron chi connectivity index (χ0n) is 17.8. The van der Waals surface area contributed by atoms with E-state index in [1.807, 2.05) is 31.1 Å². The number of hydrogen-bond acceptors (Lipinski definition) is 4. The molecule has 4 rings (SSSR count). The van der Waals surface area contributed by atoms with Gasteiger partial charge in [0.15, 0.2) is 0 Å². The summed E-state index contributed by atoms with van der Waals surface area (Å²) in [5.74, 6) is 0.387. The SMILES string of the molecule is C[C@@H]1CCc2c1nc1c(c2NC(=O)N=[S@@](N)(=O)c2ccc(CN(C)C)cc2)CCC1. The normalized spacial score (nSPS) is 19.3. The number of nitrogens with one attached hydrogen (secondary N) is 1. The molecule has 2 amide bonds. The number of urea groups is 1. The summed E-state index contributed by atoms with van der Waals surface area (Å²) in [6.07, 6.45) is 4.77. The summed E-state index contributed by atoms with van der Waals surface area (Å²) < 4.78 is 16.8. The van der Waals surface area contributed by atoms with Crippen LogP contribution in [0.25, 0.3) is 0 Å². The molecule has 2 atom stereocenters. The maximum absolute atomic E-state index is 13.0. The maximum Gasteiger partial charge on any atom is 0.354 e. The highest BCUT2D eigenvalue weighted by atomic mass is 32.2. The number of rotatable bonds is 4. The van der Waals surface area contributed by atoms with Gasteiger partial charge in [-0.05, 0) is 80.9 Å². The Hall–Kier alpha value is -2.29. The zero-order valence-corrected chi connectivity index (χ0v) is 18.6. The Morgan fingerprint density at radius 2 is 1.97 bits per heavy atom. The third-order valence-corrected chi connectivity index (χ3v) is 7.25. The molecule has 0 spiro atoms. The Bertz CT molecular complexity index is 1100. The number of amides is 2. The summed E-state index contributed by atoms with van der Waals surface area (Å²) >= 11 is 0. The van der Waals surface area contributed by atoms with E-state index in [1.165, 1.54) is 0 Å². The lowest BCUT2D eigenvalue weighted by Crippen LogP contribution is -2.19. The molecule has 3 N–H and O–H groups in total. The number of carbonyl (C=O) groups excluding carboxylic acids is 1. The third kappa shape index (κ3) is 4.12. The van der Waals surface area contributed by atoms with Gasteiger partial charge in [-0.3, -0.25) is 4.98 Å². The molecule has 8 heteroatoms. The lowest BCUT2D eigenvalue weighted by molar-refractivity contribution is 0.260. The molecule has 0 bridgehead atoms. The lowest BCUT2D eigenvalue weighted by atomic mass is 10.0. The van der Waals surface area contributed by atoms with Gasteiger partial charge >= 0.3 is 6.03 Å². The molecule has 0 unspecified atom stereocenters. The van der Waals surface area contributed by atoms with Crippen molar-refractivity contribution in [3.63, 3.8) is 0 Å². The summed E-state index contributed by atoms with van der Waals surface area (Å²) in [4.78, 5) is 20.0. The summed E-state index contributed by atoms with van der Waals surface area (Å²) in [6.45, 7) is 2.93. The molecule has 30 heavy (non-hydrogen) atoms. The fourth-order valence-corrected chi connectivity index (χ4v) is 5.34. The van der Waals surface area contributed by atoms with Crippen molar-refractivity contribution < 1.29 is 9.00 Å². The molecule has 0 aliphatic heterocycles. The smallest absolute Gasteiger partial charge is 0.305 e. The number of nitrogens with two attached hydrogens (primary N) is 1. The Morgan fingerprint density at radius 1 is 1.23 bits per heavy atom. The molecule has 2 aromatic rings. The molecule has 160 valence electrons. The number of carbonyl (C=O) groups is 1. The zero-order chi connectivity index (χ0) is 21.5. The Kier molecular flexibility index (Phi) is 5.65. The van der Waals surface area contributed by atoms with Crippen molar-refractivity contribution in [2.75, 3.05) is 19.4 Å². The fourth-order valence-electron chi connectivity index (χ4n) is 4.41.